The number of carbonyl (C=O) groups is 1. The van der Waals surface area contributed by atoms with Crippen LogP contribution in [0.4, 0.5) is 0 Å². The minimum absolute atomic E-state index is 0. The van der Waals surface area contributed by atoms with Crippen LogP contribution in [-0.4, -0.2) is 16.9 Å². The number of nitrogens with one attached hydrogen (secondary N) is 1. The second-order valence-electron chi connectivity index (χ2n) is 5.78. The SMILES string of the molecule is CCC(NC(=O)C1C2CCC(C2)C1N)c1nccs1.Cl.Cl. The van der Waals surface area contributed by atoms with Crippen LogP contribution in [0.1, 0.15) is 43.7 Å². The number of rotatable bonds is 4. The van der Waals surface area contributed by atoms with Gasteiger partial charge in [0.15, 0.2) is 0 Å². The van der Waals surface area contributed by atoms with E-state index in [-0.39, 0.29) is 48.7 Å². The Bertz CT molecular complexity index is 455. The molecule has 2 fully saturated rings. The van der Waals surface area contributed by atoms with Gasteiger partial charge in [0.1, 0.15) is 5.01 Å². The third kappa shape index (κ3) is 3.52. The van der Waals surface area contributed by atoms with Crippen LogP contribution in [-0.2, 0) is 4.79 Å². The summed E-state index contributed by atoms with van der Waals surface area (Å²) in [5.41, 5.74) is 6.23. The first-order valence-corrected chi connectivity index (χ1v) is 8.04. The molecule has 120 valence electrons. The molecular weight excluding hydrogens is 329 g/mol. The standard InChI is InChI=1S/C14H21N3OS.2ClH/c1-2-10(14-16-5-6-19-14)17-13(18)11-8-3-4-9(7-8)12(11)15;;/h5-6,8-12H,2-4,7,15H2,1H3,(H,17,18);2*1H. The average molecular weight is 352 g/mol. The van der Waals surface area contributed by atoms with Gasteiger partial charge in [-0.25, -0.2) is 4.98 Å². The first-order valence-electron chi connectivity index (χ1n) is 7.16. The molecule has 21 heavy (non-hydrogen) atoms. The lowest BCUT2D eigenvalue weighted by atomic mass is 9.84. The Morgan fingerprint density at radius 1 is 1.48 bits per heavy atom. The third-order valence-corrected chi connectivity index (χ3v) is 5.65. The molecule has 0 saturated heterocycles. The summed E-state index contributed by atoms with van der Waals surface area (Å²) >= 11 is 1.60. The molecule has 2 aliphatic rings. The quantitative estimate of drug-likeness (QED) is 0.876. The second kappa shape index (κ2) is 7.77. The number of carbonyl (C=O) groups excluding carboxylic acids is 1. The summed E-state index contributed by atoms with van der Waals surface area (Å²) in [4.78, 5) is 16.8. The van der Waals surface area contributed by atoms with Gasteiger partial charge < -0.3 is 11.1 Å². The molecule has 0 aromatic carbocycles. The summed E-state index contributed by atoms with van der Waals surface area (Å²) in [6, 6.07) is 0.103. The molecule has 2 aliphatic carbocycles. The van der Waals surface area contributed by atoms with Gasteiger partial charge in [-0.15, -0.1) is 36.2 Å². The normalized spacial score (nSPS) is 31.1. The van der Waals surface area contributed by atoms with E-state index in [1.165, 1.54) is 12.8 Å². The molecule has 3 rings (SSSR count). The van der Waals surface area contributed by atoms with E-state index in [0.29, 0.717) is 11.8 Å². The molecule has 1 amide bonds. The van der Waals surface area contributed by atoms with E-state index in [0.717, 1.165) is 17.8 Å². The van der Waals surface area contributed by atoms with Gasteiger partial charge >= 0.3 is 0 Å². The van der Waals surface area contributed by atoms with E-state index >= 15 is 0 Å². The lowest BCUT2D eigenvalue weighted by Crippen LogP contribution is -2.46. The highest BCUT2D eigenvalue weighted by Gasteiger charge is 2.49. The van der Waals surface area contributed by atoms with Gasteiger partial charge in [-0.1, -0.05) is 6.92 Å². The Hall–Kier alpha value is -0.360. The van der Waals surface area contributed by atoms with Crippen molar-refractivity contribution in [1.29, 1.82) is 0 Å². The van der Waals surface area contributed by atoms with Crippen molar-refractivity contribution in [2.75, 3.05) is 0 Å². The zero-order valence-electron chi connectivity index (χ0n) is 12.0. The van der Waals surface area contributed by atoms with Gasteiger partial charge in [-0.2, -0.15) is 0 Å². The van der Waals surface area contributed by atoms with E-state index in [4.69, 9.17) is 5.73 Å². The Morgan fingerprint density at radius 3 is 2.71 bits per heavy atom. The Balaban J connectivity index is 0.00000110. The minimum atomic E-state index is 0. The summed E-state index contributed by atoms with van der Waals surface area (Å²) in [6.45, 7) is 2.08. The molecule has 3 N–H and O–H groups in total. The maximum absolute atomic E-state index is 12.5. The summed E-state index contributed by atoms with van der Waals surface area (Å²) in [5.74, 6) is 1.24. The van der Waals surface area contributed by atoms with Crippen LogP contribution in [0.3, 0.4) is 0 Å². The van der Waals surface area contributed by atoms with Crippen LogP contribution in [0.15, 0.2) is 11.6 Å². The number of nitrogens with two attached hydrogens (primary N) is 1. The molecule has 4 nitrogen and oxygen atoms in total. The number of hydrogen-bond acceptors (Lipinski definition) is 4. The summed E-state index contributed by atoms with van der Waals surface area (Å²) < 4.78 is 0. The van der Waals surface area contributed by atoms with Gasteiger partial charge in [0, 0.05) is 17.6 Å². The lowest BCUT2D eigenvalue weighted by Gasteiger charge is -2.28. The minimum Gasteiger partial charge on any atom is -0.347 e. The van der Waals surface area contributed by atoms with Gasteiger partial charge in [0.2, 0.25) is 5.91 Å². The fraction of sp³-hybridized carbons (Fsp3) is 0.714. The maximum atomic E-state index is 12.5. The molecule has 2 saturated carbocycles. The van der Waals surface area contributed by atoms with E-state index in [2.05, 4.69) is 17.2 Å². The number of halogens is 2. The first kappa shape index (κ1) is 18.7. The number of hydrogen-bond donors (Lipinski definition) is 2. The molecule has 1 aromatic heterocycles. The van der Waals surface area contributed by atoms with Gasteiger partial charge in [0.25, 0.3) is 0 Å². The zero-order chi connectivity index (χ0) is 13.4. The molecule has 1 aromatic rings. The monoisotopic (exact) mass is 351 g/mol. The van der Waals surface area contributed by atoms with Crippen LogP contribution < -0.4 is 11.1 Å². The highest BCUT2D eigenvalue weighted by atomic mass is 35.5. The molecule has 5 atom stereocenters. The van der Waals surface area contributed by atoms with E-state index in [1.807, 2.05) is 5.38 Å². The molecule has 0 aliphatic heterocycles. The first-order chi connectivity index (χ1) is 9.20. The van der Waals surface area contributed by atoms with E-state index < -0.39 is 0 Å². The van der Waals surface area contributed by atoms with Crippen LogP contribution in [0.5, 0.6) is 0 Å². The van der Waals surface area contributed by atoms with Crippen molar-refractivity contribution in [2.24, 2.45) is 23.5 Å². The number of thiazole rings is 1. The van der Waals surface area contributed by atoms with Crippen molar-refractivity contribution in [1.82, 2.24) is 10.3 Å². The molecule has 0 radical (unpaired) electrons. The van der Waals surface area contributed by atoms with Crippen LogP contribution in [0.25, 0.3) is 0 Å². The summed E-state index contributed by atoms with van der Waals surface area (Å²) in [5, 5.41) is 6.10. The fourth-order valence-electron chi connectivity index (χ4n) is 3.74. The van der Waals surface area contributed by atoms with Crippen molar-refractivity contribution in [3.8, 4) is 0 Å². The Labute approximate surface area is 142 Å². The smallest absolute Gasteiger partial charge is 0.225 e. The molecule has 2 bridgehead atoms. The molecular formula is C14H23Cl2N3OS. The Morgan fingerprint density at radius 2 is 2.19 bits per heavy atom. The van der Waals surface area contributed by atoms with Crippen molar-refractivity contribution in [2.45, 2.75) is 44.7 Å². The van der Waals surface area contributed by atoms with Gasteiger partial charge in [0.05, 0.1) is 12.0 Å². The van der Waals surface area contributed by atoms with Gasteiger partial charge in [-0.3, -0.25) is 4.79 Å². The van der Waals surface area contributed by atoms with Gasteiger partial charge in [-0.05, 0) is 37.5 Å². The molecule has 7 heteroatoms. The largest absolute Gasteiger partial charge is 0.347 e. The molecule has 0 spiro atoms. The number of fused-ring (bicyclic) bond motifs is 2. The van der Waals surface area contributed by atoms with Crippen LogP contribution in [0, 0.1) is 17.8 Å². The number of aromatic nitrogens is 1. The molecule has 5 unspecified atom stereocenters. The second-order valence-corrected chi connectivity index (χ2v) is 6.70. The fourth-order valence-corrected chi connectivity index (χ4v) is 4.51. The predicted molar refractivity (Wildman–Crippen MR) is 90.1 cm³/mol. The van der Waals surface area contributed by atoms with Crippen molar-refractivity contribution in [3.63, 3.8) is 0 Å². The maximum Gasteiger partial charge on any atom is 0.225 e. The van der Waals surface area contributed by atoms with Crippen molar-refractivity contribution in [3.05, 3.63) is 16.6 Å². The van der Waals surface area contributed by atoms with E-state index in [9.17, 15) is 4.79 Å². The van der Waals surface area contributed by atoms with Crippen LogP contribution in [0.2, 0.25) is 0 Å². The molecule has 1 heterocycles. The average Bonchev–Trinajstić information content (AvgIpc) is 3.11. The summed E-state index contributed by atoms with van der Waals surface area (Å²) in [7, 11) is 0. The van der Waals surface area contributed by atoms with Crippen molar-refractivity contribution >= 4 is 42.1 Å². The van der Waals surface area contributed by atoms with Crippen molar-refractivity contribution < 1.29 is 4.79 Å². The Kier molecular flexibility index (Phi) is 6.91. The number of nitrogens with zero attached hydrogens (tertiary/aromatic N) is 1. The van der Waals surface area contributed by atoms with E-state index in [1.54, 1.807) is 17.5 Å². The number of amides is 1. The van der Waals surface area contributed by atoms with Crippen LogP contribution >= 0.6 is 36.2 Å². The summed E-state index contributed by atoms with van der Waals surface area (Å²) in [6.07, 6.45) is 6.19. The predicted octanol–water partition coefficient (Wildman–Crippen LogP) is 2.93. The highest BCUT2D eigenvalue weighted by molar-refractivity contribution is 7.09. The third-order valence-electron chi connectivity index (χ3n) is 4.76. The lowest BCUT2D eigenvalue weighted by molar-refractivity contribution is -0.127. The topological polar surface area (TPSA) is 68.0 Å². The highest BCUT2D eigenvalue weighted by Crippen LogP contribution is 2.47. The zero-order valence-corrected chi connectivity index (χ0v) is 14.5.